The molecule has 1 aliphatic carbocycles. The van der Waals surface area contributed by atoms with Crippen molar-refractivity contribution in [1.82, 2.24) is 9.97 Å². The Kier molecular flexibility index (Phi) is 3.33. The third kappa shape index (κ3) is 2.47. The molecule has 0 unspecified atom stereocenters. The number of pyridine rings is 2. The average Bonchev–Trinajstić information content (AvgIpc) is 3.10. The maximum atomic E-state index is 6.24. The summed E-state index contributed by atoms with van der Waals surface area (Å²) in [6.45, 7) is 4.25. The minimum Gasteiger partial charge on any atom is -0.399 e. The van der Waals surface area contributed by atoms with Crippen LogP contribution < -0.4 is 5.46 Å². The van der Waals surface area contributed by atoms with Crippen molar-refractivity contribution in [1.29, 1.82) is 0 Å². The predicted molar refractivity (Wildman–Crippen MR) is 102 cm³/mol. The van der Waals surface area contributed by atoms with E-state index in [1.165, 1.54) is 0 Å². The quantitative estimate of drug-likeness (QED) is 0.684. The number of rotatable bonds is 3. The van der Waals surface area contributed by atoms with Gasteiger partial charge in [0.2, 0.25) is 0 Å². The van der Waals surface area contributed by atoms with Gasteiger partial charge in [-0.05, 0) is 59.8 Å². The molecule has 5 heteroatoms. The molecule has 0 bridgehead atoms. The van der Waals surface area contributed by atoms with Gasteiger partial charge in [-0.1, -0.05) is 24.3 Å². The number of hydrogen-bond acceptors (Lipinski definition) is 4. The van der Waals surface area contributed by atoms with Crippen LogP contribution in [-0.4, -0.2) is 28.3 Å². The normalized spacial score (nSPS) is 26.6. The van der Waals surface area contributed by atoms with Crippen molar-refractivity contribution >= 4 is 12.6 Å². The van der Waals surface area contributed by atoms with Crippen LogP contribution in [0.25, 0.3) is 22.3 Å². The van der Waals surface area contributed by atoms with Crippen molar-refractivity contribution in [2.45, 2.75) is 31.5 Å². The standard InChI is InChI=1S/C21H19BN2O2/c1-20-14-21(20,2)26-22(25-20)19-10-17(15-5-3-7-23-12-15)9-18(11-19)16-6-4-8-24-13-16/h3-13H,14H2,1-2H3/t20-,21+. The lowest BCUT2D eigenvalue weighted by atomic mass is 9.76. The average molecular weight is 342 g/mol. The lowest BCUT2D eigenvalue weighted by Crippen LogP contribution is -2.36. The van der Waals surface area contributed by atoms with Crippen LogP contribution in [0.3, 0.4) is 0 Å². The lowest BCUT2D eigenvalue weighted by molar-refractivity contribution is 0.187. The number of nitrogens with zero attached hydrogens (tertiary/aromatic N) is 2. The summed E-state index contributed by atoms with van der Waals surface area (Å²) in [6.07, 6.45) is 8.28. The monoisotopic (exact) mass is 342 g/mol. The molecule has 0 spiro atoms. The highest BCUT2D eigenvalue weighted by Crippen LogP contribution is 2.58. The summed E-state index contributed by atoms with van der Waals surface area (Å²) < 4.78 is 12.5. The molecular formula is C21H19BN2O2. The largest absolute Gasteiger partial charge is 0.494 e. The molecule has 0 radical (unpaired) electrons. The second-order valence-electron chi connectivity index (χ2n) is 7.53. The highest BCUT2D eigenvalue weighted by molar-refractivity contribution is 6.62. The van der Waals surface area contributed by atoms with Gasteiger partial charge >= 0.3 is 7.12 Å². The van der Waals surface area contributed by atoms with E-state index in [1.807, 2.05) is 24.5 Å². The first kappa shape index (κ1) is 15.7. The minimum atomic E-state index is -0.342. The van der Waals surface area contributed by atoms with Crippen molar-refractivity contribution < 1.29 is 9.31 Å². The Bertz CT molecular complexity index is 893. The summed E-state index contributed by atoms with van der Waals surface area (Å²) in [7, 11) is -0.342. The van der Waals surface area contributed by atoms with Crippen molar-refractivity contribution in [3.8, 4) is 22.3 Å². The van der Waals surface area contributed by atoms with Gasteiger partial charge in [0, 0.05) is 31.2 Å². The summed E-state index contributed by atoms with van der Waals surface area (Å²) >= 11 is 0. The Morgan fingerprint density at radius 2 is 1.35 bits per heavy atom. The molecule has 1 aliphatic heterocycles. The first-order valence-corrected chi connectivity index (χ1v) is 8.88. The maximum absolute atomic E-state index is 6.24. The van der Waals surface area contributed by atoms with Crippen LogP contribution in [0.1, 0.15) is 20.3 Å². The molecule has 4 nitrogen and oxygen atoms in total. The van der Waals surface area contributed by atoms with E-state index in [0.717, 1.165) is 34.1 Å². The van der Waals surface area contributed by atoms with E-state index >= 15 is 0 Å². The smallest absolute Gasteiger partial charge is 0.399 e. The molecule has 0 amide bonds. The van der Waals surface area contributed by atoms with Gasteiger partial charge in [-0.2, -0.15) is 0 Å². The molecule has 1 saturated carbocycles. The van der Waals surface area contributed by atoms with Crippen LogP contribution in [0, 0.1) is 0 Å². The van der Waals surface area contributed by atoms with E-state index in [4.69, 9.17) is 9.31 Å². The number of fused-ring (bicyclic) bond motifs is 1. The fourth-order valence-electron chi connectivity index (χ4n) is 3.75. The van der Waals surface area contributed by atoms with Gasteiger partial charge in [0.05, 0.1) is 11.2 Å². The van der Waals surface area contributed by atoms with Crippen molar-refractivity contribution in [3.63, 3.8) is 0 Å². The summed E-state index contributed by atoms with van der Waals surface area (Å²) in [5.74, 6) is 0. The molecule has 2 aliphatic rings. The zero-order valence-electron chi connectivity index (χ0n) is 14.8. The fourth-order valence-corrected chi connectivity index (χ4v) is 3.75. The molecule has 128 valence electrons. The molecule has 2 atom stereocenters. The van der Waals surface area contributed by atoms with Gasteiger partial charge < -0.3 is 9.31 Å². The molecule has 2 aromatic heterocycles. The van der Waals surface area contributed by atoms with Gasteiger partial charge in [-0.15, -0.1) is 0 Å². The summed E-state index contributed by atoms with van der Waals surface area (Å²) in [5, 5.41) is 0. The van der Waals surface area contributed by atoms with Crippen LogP contribution >= 0.6 is 0 Å². The van der Waals surface area contributed by atoms with Crippen molar-refractivity contribution in [2.24, 2.45) is 0 Å². The topological polar surface area (TPSA) is 44.2 Å². The molecule has 0 N–H and O–H groups in total. The SMILES string of the molecule is C[C@@]12C[C@]1(C)OB(c1cc(-c3cccnc3)cc(-c3cccnc3)c1)O2. The van der Waals surface area contributed by atoms with E-state index in [9.17, 15) is 0 Å². The Morgan fingerprint density at radius 3 is 1.81 bits per heavy atom. The van der Waals surface area contributed by atoms with Gasteiger partial charge in [-0.25, -0.2) is 0 Å². The van der Waals surface area contributed by atoms with E-state index in [0.29, 0.717) is 0 Å². The lowest BCUT2D eigenvalue weighted by Gasteiger charge is -2.15. The van der Waals surface area contributed by atoms with Crippen LogP contribution in [0.5, 0.6) is 0 Å². The molecule has 1 saturated heterocycles. The second kappa shape index (κ2) is 5.50. The molecule has 2 fully saturated rings. The van der Waals surface area contributed by atoms with Crippen molar-refractivity contribution in [2.75, 3.05) is 0 Å². The first-order chi connectivity index (χ1) is 12.6. The molecule has 1 aromatic carbocycles. The van der Waals surface area contributed by atoms with E-state index < -0.39 is 0 Å². The van der Waals surface area contributed by atoms with Gasteiger partial charge in [0.1, 0.15) is 0 Å². The third-order valence-corrected chi connectivity index (χ3v) is 5.62. The number of aromatic nitrogens is 2. The highest BCUT2D eigenvalue weighted by Gasteiger charge is 2.71. The van der Waals surface area contributed by atoms with Gasteiger partial charge in [0.25, 0.3) is 0 Å². The van der Waals surface area contributed by atoms with Crippen LogP contribution in [0.2, 0.25) is 0 Å². The number of benzene rings is 1. The Hall–Kier alpha value is -2.50. The second-order valence-corrected chi connectivity index (χ2v) is 7.53. The first-order valence-electron chi connectivity index (χ1n) is 8.88. The van der Waals surface area contributed by atoms with Gasteiger partial charge in [0.15, 0.2) is 0 Å². The van der Waals surface area contributed by atoms with E-state index in [1.54, 1.807) is 12.4 Å². The zero-order valence-corrected chi connectivity index (χ0v) is 14.8. The minimum absolute atomic E-state index is 0.170. The van der Waals surface area contributed by atoms with Crippen LogP contribution in [-0.2, 0) is 9.31 Å². The van der Waals surface area contributed by atoms with Crippen LogP contribution in [0.4, 0.5) is 0 Å². The summed E-state index contributed by atoms with van der Waals surface area (Å²) in [4.78, 5) is 8.51. The fraction of sp³-hybridized carbons (Fsp3) is 0.238. The van der Waals surface area contributed by atoms with E-state index in [2.05, 4.69) is 54.1 Å². The molecule has 3 aromatic rings. The Labute approximate surface area is 153 Å². The third-order valence-electron chi connectivity index (χ3n) is 5.62. The van der Waals surface area contributed by atoms with Gasteiger partial charge in [-0.3, -0.25) is 9.97 Å². The van der Waals surface area contributed by atoms with Crippen LogP contribution in [0.15, 0.2) is 67.3 Å². The predicted octanol–water partition coefficient (Wildman–Crippen LogP) is 3.47. The number of hydrogen-bond donors (Lipinski definition) is 0. The molecular weight excluding hydrogens is 323 g/mol. The maximum Gasteiger partial charge on any atom is 0.494 e. The molecule has 5 rings (SSSR count). The summed E-state index contributed by atoms with van der Waals surface area (Å²) in [6, 6.07) is 14.5. The van der Waals surface area contributed by atoms with Crippen molar-refractivity contribution in [3.05, 3.63) is 67.3 Å². The molecule has 3 heterocycles. The highest BCUT2D eigenvalue weighted by atomic mass is 16.7. The Balaban J connectivity index is 1.61. The Morgan fingerprint density at radius 1 is 0.808 bits per heavy atom. The van der Waals surface area contributed by atoms with E-state index in [-0.39, 0.29) is 18.3 Å². The molecule has 26 heavy (non-hydrogen) atoms. The summed E-state index contributed by atoms with van der Waals surface area (Å²) in [5.41, 5.74) is 5.02. The zero-order chi connectivity index (χ0) is 17.8.